The third-order valence-corrected chi connectivity index (χ3v) is 5.95. The van der Waals surface area contributed by atoms with Gasteiger partial charge in [-0.05, 0) is 71.0 Å². The van der Waals surface area contributed by atoms with Gasteiger partial charge in [-0.25, -0.2) is 0 Å². The maximum Gasteiger partial charge on any atom is 0.225 e. The van der Waals surface area contributed by atoms with E-state index in [0.717, 1.165) is 45.1 Å². The average molecular weight is 344 g/mol. The van der Waals surface area contributed by atoms with Gasteiger partial charge < -0.3 is 15.1 Å². The molecule has 3 saturated heterocycles. The second-order valence-corrected chi connectivity index (χ2v) is 7.66. The topological polar surface area (TPSA) is 35.6 Å². The number of hydrogen-bond donors (Lipinski definition) is 1. The van der Waals surface area contributed by atoms with Gasteiger partial charge in [0.2, 0.25) is 5.91 Å². The summed E-state index contributed by atoms with van der Waals surface area (Å²) in [4.78, 5) is 17.6. The summed E-state index contributed by atoms with van der Waals surface area (Å²) in [6.07, 6.45) is 8.66. The molecule has 1 amide bonds. The van der Waals surface area contributed by atoms with E-state index in [1.54, 1.807) is 0 Å². The lowest BCUT2D eigenvalue weighted by molar-refractivity contribution is -0.138. The van der Waals surface area contributed by atoms with Crippen LogP contribution in [0, 0.1) is 11.8 Å². The Morgan fingerprint density at radius 2 is 1.83 bits per heavy atom. The fourth-order valence-electron chi connectivity index (χ4n) is 4.50. The van der Waals surface area contributed by atoms with Gasteiger partial charge in [0.05, 0.1) is 0 Å². The lowest BCUT2D eigenvalue weighted by Gasteiger charge is -2.40. The lowest BCUT2D eigenvalue weighted by atomic mass is 9.91. The molecule has 3 heterocycles. The molecule has 134 valence electrons. The highest BCUT2D eigenvalue weighted by atomic mass is 35.5. The third-order valence-electron chi connectivity index (χ3n) is 5.95. The summed E-state index contributed by atoms with van der Waals surface area (Å²) in [7, 11) is 0. The number of carbonyl (C=O) groups is 1. The third kappa shape index (κ3) is 5.07. The Balaban J connectivity index is 0.00000192. The first-order valence-corrected chi connectivity index (χ1v) is 9.47. The van der Waals surface area contributed by atoms with Crippen LogP contribution < -0.4 is 5.32 Å². The van der Waals surface area contributed by atoms with Crippen LogP contribution in [-0.2, 0) is 4.79 Å². The van der Waals surface area contributed by atoms with Crippen LogP contribution in [0.3, 0.4) is 0 Å². The van der Waals surface area contributed by atoms with E-state index in [4.69, 9.17) is 0 Å². The molecule has 23 heavy (non-hydrogen) atoms. The van der Waals surface area contributed by atoms with Gasteiger partial charge in [-0.1, -0.05) is 6.42 Å². The molecule has 1 N–H and O–H groups in total. The number of amides is 1. The number of halogens is 1. The predicted molar refractivity (Wildman–Crippen MR) is 97.0 cm³/mol. The monoisotopic (exact) mass is 343 g/mol. The number of likely N-dealkylation sites (tertiary alicyclic amines) is 2. The molecule has 0 aromatic carbocycles. The molecule has 0 bridgehead atoms. The second-order valence-electron chi connectivity index (χ2n) is 7.66. The zero-order valence-electron chi connectivity index (χ0n) is 14.6. The largest absolute Gasteiger partial charge is 0.342 e. The molecule has 4 nitrogen and oxygen atoms in total. The first kappa shape index (κ1) is 19.0. The summed E-state index contributed by atoms with van der Waals surface area (Å²) < 4.78 is 0. The Morgan fingerprint density at radius 3 is 2.57 bits per heavy atom. The van der Waals surface area contributed by atoms with E-state index >= 15 is 0 Å². The Hall–Kier alpha value is -0.320. The quantitative estimate of drug-likeness (QED) is 0.855. The van der Waals surface area contributed by atoms with Gasteiger partial charge in [0.15, 0.2) is 0 Å². The SMILES string of the molecule is CC1CCCCN1CC1CCCN(C(=O)C2CCNCC2)C1.Cl. The highest BCUT2D eigenvalue weighted by Crippen LogP contribution is 2.25. The van der Waals surface area contributed by atoms with Crippen LogP contribution in [0.15, 0.2) is 0 Å². The fraction of sp³-hybridized carbons (Fsp3) is 0.944. The van der Waals surface area contributed by atoms with E-state index in [2.05, 4.69) is 22.0 Å². The Morgan fingerprint density at radius 1 is 1.04 bits per heavy atom. The van der Waals surface area contributed by atoms with Crippen molar-refractivity contribution in [1.29, 1.82) is 0 Å². The fourth-order valence-corrected chi connectivity index (χ4v) is 4.50. The molecular formula is C18H34ClN3O. The number of rotatable bonds is 3. The molecular weight excluding hydrogens is 310 g/mol. The van der Waals surface area contributed by atoms with Crippen LogP contribution in [0.25, 0.3) is 0 Å². The number of nitrogens with one attached hydrogen (secondary N) is 1. The number of piperidine rings is 3. The lowest BCUT2D eigenvalue weighted by Crippen LogP contribution is -2.49. The van der Waals surface area contributed by atoms with Gasteiger partial charge in [0.25, 0.3) is 0 Å². The van der Waals surface area contributed by atoms with Crippen LogP contribution in [0.4, 0.5) is 0 Å². The molecule has 0 aromatic heterocycles. The number of hydrogen-bond acceptors (Lipinski definition) is 3. The van der Waals surface area contributed by atoms with Crippen molar-refractivity contribution in [3.8, 4) is 0 Å². The van der Waals surface area contributed by atoms with E-state index in [1.165, 1.54) is 45.2 Å². The summed E-state index contributed by atoms with van der Waals surface area (Å²) in [5.41, 5.74) is 0. The van der Waals surface area contributed by atoms with Crippen molar-refractivity contribution in [2.45, 2.75) is 57.9 Å². The summed E-state index contributed by atoms with van der Waals surface area (Å²) >= 11 is 0. The van der Waals surface area contributed by atoms with E-state index in [1.807, 2.05) is 0 Å². The maximum absolute atomic E-state index is 12.7. The smallest absolute Gasteiger partial charge is 0.225 e. The zero-order chi connectivity index (χ0) is 15.4. The van der Waals surface area contributed by atoms with E-state index in [9.17, 15) is 4.79 Å². The van der Waals surface area contributed by atoms with Crippen molar-refractivity contribution in [1.82, 2.24) is 15.1 Å². The van der Waals surface area contributed by atoms with E-state index in [-0.39, 0.29) is 18.3 Å². The average Bonchev–Trinajstić information content (AvgIpc) is 2.57. The van der Waals surface area contributed by atoms with Crippen LogP contribution in [0.5, 0.6) is 0 Å². The van der Waals surface area contributed by atoms with Gasteiger partial charge in [0.1, 0.15) is 0 Å². The molecule has 3 fully saturated rings. The van der Waals surface area contributed by atoms with Crippen molar-refractivity contribution in [3.05, 3.63) is 0 Å². The summed E-state index contributed by atoms with van der Waals surface area (Å²) in [6.45, 7) is 8.87. The van der Waals surface area contributed by atoms with Crippen molar-refractivity contribution in [2.24, 2.45) is 11.8 Å². The number of nitrogens with zero attached hydrogens (tertiary/aromatic N) is 2. The van der Waals surface area contributed by atoms with Crippen molar-refractivity contribution < 1.29 is 4.79 Å². The summed E-state index contributed by atoms with van der Waals surface area (Å²) in [5, 5.41) is 3.36. The summed E-state index contributed by atoms with van der Waals surface area (Å²) in [5.74, 6) is 1.42. The Bertz CT molecular complexity index is 373. The van der Waals surface area contributed by atoms with E-state index in [0.29, 0.717) is 11.8 Å². The molecule has 0 saturated carbocycles. The highest BCUT2D eigenvalue weighted by molar-refractivity contribution is 5.85. The van der Waals surface area contributed by atoms with Gasteiger partial charge in [0, 0.05) is 31.6 Å². The van der Waals surface area contributed by atoms with E-state index < -0.39 is 0 Å². The molecule has 5 heteroatoms. The molecule has 0 spiro atoms. The van der Waals surface area contributed by atoms with Gasteiger partial charge in [-0.15, -0.1) is 12.4 Å². The van der Waals surface area contributed by atoms with Gasteiger partial charge >= 0.3 is 0 Å². The molecule has 0 aromatic rings. The molecule has 3 aliphatic heterocycles. The van der Waals surface area contributed by atoms with Crippen LogP contribution >= 0.6 is 12.4 Å². The minimum absolute atomic E-state index is 0. The first-order valence-electron chi connectivity index (χ1n) is 9.47. The molecule has 0 aliphatic carbocycles. The predicted octanol–water partition coefficient (Wildman–Crippen LogP) is 2.52. The van der Waals surface area contributed by atoms with Crippen LogP contribution in [0.2, 0.25) is 0 Å². The van der Waals surface area contributed by atoms with Crippen LogP contribution in [-0.4, -0.2) is 61.0 Å². The van der Waals surface area contributed by atoms with Crippen molar-refractivity contribution in [2.75, 3.05) is 39.3 Å². The molecule has 3 aliphatic rings. The van der Waals surface area contributed by atoms with Crippen molar-refractivity contribution >= 4 is 18.3 Å². The second kappa shape index (κ2) is 9.24. The summed E-state index contributed by atoms with van der Waals surface area (Å²) in [6, 6.07) is 0.740. The first-order chi connectivity index (χ1) is 10.7. The molecule has 2 unspecified atom stereocenters. The minimum atomic E-state index is 0. The standard InChI is InChI=1S/C18H33N3O.ClH/c1-15-5-2-3-11-20(15)13-16-6-4-12-21(14-16)18(22)17-7-9-19-10-8-17;/h15-17,19H,2-14H2,1H3;1H. The van der Waals surface area contributed by atoms with Gasteiger partial charge in [-0.3, -0.25) is 4.79 Å². The maximum atomic E-state index is 12.7. The Labute approximate surface area is 147 Å². The Kier molecular flexibility index (Phi) is 7.64. The molecule has 2 atom stereocenters. The zero-order valence-corrected chi connectivity index (χ0v) is 15.5. The van der Waals surface area contributed by atoms with Crippen molar-refractivity contribution in [3.63, 3.8) is 0 Å². The number of carbonyl (C=O) groups excluding carboxylic acids is 1. The van der Waals surface area contributed by atoms with Gasteiger partial charge in [-0.2, -0.15) is 0 Å². The minimum Gasteiger partial charge on any atom is -0.342 e. The highest BCUT2D eigenvalue weighted by Gasteiger charge is 2.31. The molecule has 3 rings (SSSR count). The molecule has 0 radical (unpaired) electrons. The van der Waals surface area contributed by atoms with Crippen LogP contribution in [0.1, 0.15) is 51.9 Å². The normalized spacial score (nSPS) is 30.7.